The van der Waals surface area contributed by atoms with Crippen molar-refractivity contribution in [2.45, 2.75) is 19.3 Å². The summed E-state index contributed by atoms with van der Waals surface area (Å²) in [5.41, 5.74) is 1.01. The lowest BCUT2D eigenvalue weighted by Gasteiger charge is -2.31. The number of hydrogen-bond donors (Lipinski definition) is 1. The number of carbonyl (C=O) groups is 2. The molecule has 0 bridgehead atoms. The molecule has 1 saturated heterocycles. The lowest BCUT2D eigenvalue weighted by Crippen LogP contribution is -2.44. The SMILES string of the molecule is O=C(NCCc1csc(-c2cccs2)n1)C1CCN(C(=O)COc2ccccc2)CC1. The fourth-order valence-corrected chi connectivity index (χ4v) is 5.21. The van der Waals surface area contributed by atoms with Gasteiger partial charge < -0.3 is 15.0 Å². The van der Waals surface area contributed by atoms with Crippen LogP contribution in [0.4, 0.5) is 0 Å². The minimum absolute atomic E-state index is 0.0297. The van der Waals surface area contributed by atoms with Crippen LogP contribution in [0.15, 0.2) is 53.2 Å². The Balaban J connectivity index is 1.15. The molecule has 2 amide bonds. The minimum atomic E-state index is -0.0452. The quantitative estimate of drug-likeness (QED) is 0.560. The standard InChI is InChI=1S/C23H25N3O3S2/c27-21(15-29-19-5-2-1-3-6-19)26-12-9-17(10-13-26)22(28)24-11-8-18-16-31-23(25-18)20-7-4-14-30-20/h1-7,14,16-17H,8-13,15H2,(H,24,28). The number of hydrogen-bond acceptors (Lipinski definition) is 6. The zero-order chi connectivity index (χ0) is 21.5. The van der Waals surface area contributed by atoms with E-state index >= 15 is 0 Å². The molecule has 2 aromatic heterocycles. The molecule has 8 heteroatoms. The van der Waals surface area contributed by atoms with Crippen molar-refractivity contribution < 1.29 is 14.3 Å². The summed E-state index contributed by atoms with van der Waals surface area (Å²) in [6, 6.07) is 13.4. The number of rotatable bonds is 8. The van der Waals surface area contributed by atoms with Crippen LogP contribution in [0.5, 0.6) is 5.75 Å². The Kier molecular flexibility index (Phi) is 7.32. The number of thiophene rings is 1. The second-order valence-electron chi connectivity index (χ2n) is 7.42. The number of amides is 2. The molecule has 4 rings (SSSR count). The number of carbonyl (C=O) groups excluding carboxylic acids is 2. The van der Waals surface area contributed by atoms with Gasteiger partial charge >= 0.3 is 0 Å². The molecule has 0 unspecified atom stereocenters. The van der Waals surface area contributed by atoms with E-state index < -0.39 is 0 Å². The van der Waals surface area contributed by atoms with Gasteiger partial charge in [0, 0.05) is 37.4 Å². The summed E-state index contributed by atoms with van der Waals surface area (Å²) in [5.74, 6) is 0.679. The van der Waals surface area contributed by atoms with Crippen molar-refractivity contribution in [3.63, 3.8) is 0 Å². The predicted octanol–water partition coefficient (Wildman–Crippen LogP) is 3.85. The number of ether oxygens (including phenoxy) is 1. The Bertz CT molecular complexity index is 981. The average Bonchev–Trinajstić information content (AvgIpc) is 3.50. The number of aromatic nitrogens is 1. The van der Waals surface area contributed by atoms with Gasteiger partial charge in [-0.3, -0.25) is 9.59 Å². The van der Waals surface area contributed by atoms with E-state index in [0.717, 1.165) is 17.1 Å². The highest BCUT2D eigenvalue weighted by molar-refractivity contribution is 7.20. The minimum Gasteiger partial charge on any atom is -0.484 e. The molecular weight excluding hydrogens is 430 g/mol. The van der Waals surface area contributed by atoms with Crippen molar-refractivity contribution in [3.8, 4) is 15.6 Å². The van der Waals surface area contributed by atoms with Gasteiger partial charge in [-0.15, -0.1) is 22.7 Å². The maximum absolute atomic E-state index is 12.5. The van der Waals surface area contributed by atoms with Gasteiger partial charge in [-0.1, -0.05) is 24.3 Å². The first kappa shape index (κ1) is 21.5. The van der Waals surface area contributed by atoms with Crippen LogP contribution in [0.1, 0.15) is 18.5 Å². The normalized spacial score (nSPS) is 14.4. The number of nitrogens with one attached hydrogen (secondary N) is 1. The Morgan fingerprint density at radius 2 is 1.90 bits per heavy atom. The second kappa shape index (κ2) is 10.5. The van der Waals surface area contributed by atoms with Crippen molar-refractivity contribution in [2.24, 2.45) is 5.92 Å². The molecule has 0 atom stereocenters. The molecule has 6 nitrogen and oxygen atoms in total. The molecule has 0 aliphatic carbocycles. The van der Waals surface area contributed by atoms with Crippen LogP contribution in [-0.4, -0.2) is 47.9 Å². The van der Waals surface area contributed by atoms with Crippen LogP contribution in [0.25, 0.3) is 9.88 Å². The molecule has 1 fully saturated rings. The maximum atomic E-state index is 12.5. The van der Waals surface area contributed by atoms with E-state index in [2.05, 4.69) is 21.7 Å². The molecule has 0 radical (unpaired) electrons. The van der Waals surface area contributed by atoms with Gasteiger partial charge in [0.1, 0.15) is 10.8 Å². The number of likely N-dealkylation sites (tertiary alicyclic amines) is 1. The largest absolute Gasteiger partial charge is 0.484 e. The van der Waals surface area contributed by atoms with Gasteiger partial charge in [0.15, 0.2) is 6.61 Å². The number of benzene rings is 1. The van der Waals surface area contributed by atoms with Gasteiger partial charge in [0.05, 0.1) is 10.6 Å². The molecule has 1 N–H and O–H groups in total. The second-order valence-corrected chi connectivity index (χ2v) is 9.22. The highest BCUT2D eigenvalue weighted by Crippen LogP contribution is 2.27. The van der Waals surface area contributed by atoms with Gasteiger partial charge in [0.25, 0.3) is 5.91 Å². The molecule has 1 aliphatic heterocycles. The lowest BCUT2D eigenvalue weighted by atomic mass is 9.96. The van der Waals surface area contributed by atoms with Crippen LogP contribution in [0.2, 0.25) is 0 Å². The Hall–Kier alpha value is -2.71. The summed E-state index contributed by atoms with van der Waals surface area (Å²) in [7, 11) is 0. The van der Waals surface area contributed by atoms with Crippen LogP contribution in [-0.2, 0) is 16.0 Å². The third kappa shape index (κ3) is 5.92. The summed E-state index contributed by atoms with van der Waals surface area (Å²) < 4.78 is 5.54. The highest BCUT2D eigenvalue weighted by Gasteiger charge is 2.27. The van der Waals surface area contributed by atoms with Crippen LogP contribution >= 0.6 is 22.7 Å². The Labute approximate surface area is 189 Å². The van der Waals surface area contributed by atoms with Crippen molar-refractivity contribution in [1.29, 1.82) is 0 Å². The topological polar surface area (TPSA) is 71.5 Å². The first-order chi connectivity index (χ1) is 15.2. The zero-order valence-electron chi connectivity index (χ0n) is 17.2. The van der Waals surface area contributed by atoms with Gasteiger partial charge in [0.2, 0.25) is 5.91 Å². The third-order valence-electron chi connectivity index (χ3n) is 5.29. The summed E-state index contributed by atoms with van der Waals surface area (Å²) in [6.07, 6.45) is 2.09. The van der Waals surface area contributed by atoms with E-state index in [1.165, 1.54) is 4.88 Å². The van der Waals surface area contributed by atoms with Crippen molar-refractivity contribution in [2.75, 3.05) is 26.2 Å². The first-order valence-corrected chi connectivity index (χ1v) is 12.2. The third-order valence-corrected chi connectivity index (χ3v) is 7.22. The fraction of sp³-hybridized carbons (Fsp3) is 0.348. The Morgan fingerprint density at radius 1 is 1.10 bits per heavy atom. The zero-order valence-corrected chi connectivity index (χ0v) is 18.8. The molecule has 31 heavy (non-hydrogen) atoms. The predicted molar refractivity (Wildman–Crippen MR) is 123 cm³/mol. The molecular formula is C23H25N3O3S2. The number of thiazole rings is 1. The monoisotopic (exact) mass is 455 g/mol. The van der Waals surface area contributed by atoms with Crippen molar-refractivity contribution in [3.05, 3.63) is 58.9 Å². The summed E-state index contributed by atoms with van der Waals surface area (Å²) in [6.45, 7) is 1.79. The van der Waals surface area contributed by atoms with E-state index in [4.69, 9.17) is 4.74 Å². The molecule has 1 aromatic carbocycles. The summed E-state index contributed by atoms with van der Waals surface area (Å²) in [5, 5.41) is 8.17. The number of piperidine rings is 1. The number of nitrogens with zero attached hydrogens (tertiary/aromatic N) is 2. The van der Waals surface area contributed by atoms with E-state index in [9.17, 15) is 9.59 Å². The Morgan fingerprint density at radius 3 is 2.65 bits per heavy atom. The molecule has 3 heterocycles. The lowest BCUT2D eigenvalue weighted by molar-refractivity contribution is -0.137. The van der Waals surface area contributed by atoms with Crippen LogP contribution in [0.3, 0.4) is 0 Å². The van der Waals surface area contributed by atoms with Crippen molar-refractivity contribution >= 4 is 34.5 Å². The molecule has 0 saturated carbocycles. The van der Waals surface area contributed by atoms with E-state index in [0.29, 0.717) is 38.2 Å². The molecule has 162 valence electrons. The summed E-state index contributed by atoms with van der Waals surface area (Å²) in [4.78, 5) is 32.5. The fourth-order valence-electron chi connectivity index (χ4n) is 3.54. The van der Waals surface area contributed by atoms with Crippen molar-refractivity contribution in [1.82, 2.24) is 15.2 Å². The van der Waals surface area contributed by atoms with Crippen LogP contribution < -0.4 is 10.1 Å². The molecule has 1 aliphatic rings. The van der Waals surface area contributed by atoms with Gasteiger partial charge in [-0.05, 0) is 36.4 Å². The van der Waals surface area contributed by atoms with Gasteiger partial charge in [-0.25, -0.2) is 4.98 Å². The first-order valence-electron chi connectivity index (χ1n) is 10.4. The van der Waals surface area contributed by atoms with E-state index in [1.807, 2.05) is 41.8 Å². The van der Waals surface area contributed by atoms with E-state index in [1.54, 1.807) is 27.6 Å². The molecule has 0 spiro atoms. The smallest absolute Gasteiger partial charge is 0.260 e. The maximum Gasteiger partial charge on any atom is 0.260 e. The number of para-hydroxylation sites is 1. The highest BCUT2D eigenvalue weighted by atomic mass is 32.1. The average molecular weight is 456 g/mol. The summed E-state index contributed by atoms with van der Waals surface area (Å²) >= 11 is 3.32. The van der Waals surface area contributed by atoms with E-state index in [-0.39, 0.29) is 24.3 Å². The van der Waals surface area contributed by atoms with Gasteiger partial charge in [-0.2, -0.15) is 0 Å². The molecule has 3 aromatic rings. The van der Waals surface area contributed by atoms with Crippen LogP contribution in [0, 0.1) is 5.92 Å².